The van der Waals surface area contributed by atoms with Gasteiger partial charge in [-0.2, -0.15) is 0 Å². The summed E-state index contributed by atoms with van der Waals surface area (Å²) in [7, 11) is -1.91. The number of nitrogens with two attached hydrogens (primary N) is 1. The first-order valence-electron chi connectivity index (χ1n) is 6.68. The second-order valence-corrected chi connectivity index (χ2v) is 8.18. The molecule has 1 heterocycles. The van der Waals surface area contributed by atoms with Gasteiger partial charge in [0, 0.05) is 29.2 Å². The summed E-state index contributed by atoms with van der Waals surface area (Å²) < 4.78 is 18.6. The van der Waals surface area contributed by atoms with E-state index in [2.05, 4.69) is 4.98 Å². The van der Waals surface area contributed by atoms with Crippen LogP contribution in [0.2, 0.25) is 5.02 Å². The normalized spacial score (nSPS) is 13.8. The first kappa shape index (κ1) is 16.8. The second-order valence-electron chi connectivity index (χ2n) is 5.22. The molecule has 2 rings (SSSR count). The standard InChI is InChI=1S/C15H18ClN2O3P/c1-9(2)6-7-22(20,21-3)14-11-8-10(16)4-5-12(11)18-13(14)15(17)19/h4-6,8,18H,7H2,1-3H3,(H2,17,19). The number of amides is 1. The van der Waals surface area contributed by atoms with E-state index >= 15 is 0 Å². The van der Waals surface area contributed by atoms with E-state index in [1.54, 1.807) is 18.2 Å². The first-order chi connectivity index (χ1) is 10.3. The molecule has 0 radical (unpaired) electrons. The number of carbonyl (C=O) groups excluding carboxylic acids is 1. The summed E-state index contributed by atoms with van der Waals surface area (Å²) in [6.07, 6.45) is 2.00. The summed E-state index contributed by atoms with van der Waals surface area (Å²) in [4.78, 5) is 14.7. The van der Waals surface area contributed by atoms with Gasteiger partial charge in [0.15, 0.2) is 0 Å². The van der Waals surface area contributed by atoms with Gasteiger partial charge < -0.3 is 15.2 Å². The molecule has 0 aliphatic carbocycles. The Labute approximate surface area is 133 Å². The number of fused-ring (bicyclic) bond motifs is 1. The molecule has 1 amide bonds. The van der Waals surface area contributed by atoms with Gasteiger partial charge in [0.05, 0.1) is 5.30 Å². The van der Waals surface area contributed by atoms with Crippen molar-refractivity contribution >= 4 is 41.1 Å². The largest absolute Gasteiger partial charge is 0.364 e. The third-order valence-electron chi connectivity index (χ3n) is 3.36. The van der Waals surface area contributed by atoms with E-state index in [9.17, 15) is 9.36 Å². The molecule has 0 fully saturated rings. The molecule has 1 aromatic carbocycles. The van der Waals surface area contributed by atoms with Crippen molar-refractivity contribution in [1.82, 2.24) is 4.98 Å². The van der Waals surface area contributed by atoms with Crippen molar-refractivity contribution in [3.05, 3.63) is 40.6 Å². The summed E-state index contributed by atoms with van der Waals surface area (Å²) in [5.41, 5.74) is 7.18. The van der Waals surface area contributed by atoms with E-state index in [-0.39, 0.29) is 11.9 Å². The predicted octanol–water partition coefficient (Wildman–Crippen LogP) is 3.44. The van der Waals surface area contributed by atoms with Crippen molar-refractivity contribution in [1.29, 1.82) is 0 Å². The molecule has 1 atom stereocenters. The number of carbonyl (C=O) groups is 1. The number of benzene rings is 1. The van der Waals surface area contributed by atoms with Crippen LogP contribution in [-0.2, 0) is 9.09 Å². The van der Waals surface area contributed by atoms with Crippen molar-refractivity contribution in [3.8, 4) is 0 Å². The van der Waals surface area contributed by atoms with Gasteiger partial charge >= 0.3 is 0 Å². The maximum Gasteiger partial charge on any atom is 0.266 e. The highest BCUT2D eigenvalue weighted by Gasteiger charge is 2.32. The van der Waals surface area contributed by atoms with E-state index in [4.69, 9.17) is 21.9 Å². The third kappa shape index (κ3) is 3.12. The third-order valence-corrected chi connectivity index (χ3v) is 5.99. The number of hydrogen-bond acceptors (Lipinski definition) is 3. The van der Waals surface area contributed by atoms with Gasteiger partial charge in [-0.05, 0) is 32.0 Å². The Morgan fingerprint density at radius 3 is 2.68 bits per heavy atom. The fourth-order valence-electron chi connectivity index (χ4n) is 2.24. The number of primary amides is 1. The lowest BCUT2D eigenvalue weighted by Crippen LogP contribution is -2.22. The molecule has 3 N–H and O–H groups in total. The molecular formula is C15H18ClN2O3P. The van der Waals surface area contributed by atoms with E-state index in [0.29, 0.717) is 21.2 Å². The molecular weight excluding hydrogens is 323 g/mol. The molecule has 0 aliphatic heterocycles. The highest BCUT2D eigenvalue weighted by molar-refractivity contribution is 7.67. The van der Waals surface area contributed by atoms with E-state index in [1.807, 2.05) is 19.9 Å². The van der Waals surface area contributed by atoms with Crippen LogP contribution in [0.25, 0.3) is 10.9 Å². The van der Waals surface area contributed by atoms with Crippen LogP contribution in [0.1, 0.15) is 24.3 Å². The van der Waals surface area contributed by atoms with E-state index in [1.165, 1.54) is 7.11 Å². The van der Waals surface area contributed by atoms with Crippen molar-refractivity contribution in [3.63, 3.8) is 0 Å². The quantitative estimate of drug-likeness (QED) is 0.646. The molecule has 1 unspecified atom stereocenters. The van der Waals surface area contributed by atoms with Crippen LogP contribution in [0.15, 0.2) is 29.8 Å². The number of hydrogen-bond donors (Lipinski definition) is 2. The summed E-state index contributed by atoms with van der Waals surface area (Å²) in [5.74, 6) is -0.684. The van der Waals surface area contributed by atoms with E-state index < -0.39 is 13.3 Å². The fourth-order valence-corrected chi connectivity index (χ4v) is 4.59. The molecule has 7 heteroatoms. The van der Waals surface area contributed by atoms with Gasteiger partial charge in [0.2, 0.25) is 7.37 Å². The van der Waals surface area contributed by atoms with Crippen molar-refractivity contribution < 1.29 is 13.9 Å². The van der Waals surface area contributed by atoms with Gasteiger partial charge in [0.25, 0.3) is 5.91 Å². The van der Waals surface area contributed by atoms with Crippen LogP contribution >= 0.6 is 19.0 Å². The molecule has 2 aromatic rings. The topological polar surface area (TPSA) is 85.2 Å². The first-order valence-corrected chi connectivity index (χ1v) is 8.87. The van der Waals surface area contributed by atoms with Crippen LogP contribution in [0.4, 0.5) is 0 Å². The number of nitrogens with one attached hydrogen (secondary N) is 1. The Kier molecular flexibility index (Phi) is 4.81. The van der Waals surface area contributed by atoms with Gasteiger partial charge in [-0.15, -0.1) is 0 Å². The average molecular weight is 341 g/mol. The average Bonchev–Trinajstić information content (AvgIpc) is 2.84. The zero-order valence-electron chi connectivity index (χ0n) is 12.6. The lowest BCUT2D eigenvalue weighted by Gasteiger charge is -2.15. The van der Waals surface area contributed by atoms with Crippen LogP contribution < -0.4 is 11.0 Å². The Hall–Kier alpha value is -1.55. The zero-order valence-corrected chi connectivity index (χ0v) is 14.3. The van der Waals surface area contributed by atoms with Gasteiger partial charge in [-0.3, -0.25) is 9.36 Å². The van der Waals surface area contributed by atoms with Crippen LogP contribution in [0, 0.1) is 0 Å². The lowest BCUT2D eigenvalue weighted by atomic mass is 10.2. The Balaban J connectivity index is 2.77. The number of allylic oxidation sites excluding steroid dienone is 2. The lowest BCUT2D eigenvalue weighted by molar-refractivity contribution is 0.0997. The van der Waals surface area contributed by atoms with Crippen molar-refractivity contribution in [2.24, 2.45) is 5.73 Å². The van der Waals surface area contributed by atoms with Crippen LogP contribution in [0.5, 0.6) is 0 Å². The molecule has 5 nitrogen and oxygen atoms in total. The van der Waals surface area contributed by atoms with Gasteiger partial charge in [-0.1, -0.05) is 23.3 Å². The highest BCUT2D eigenvalue weighted by atomic mass is 35.5. The molecule has 0 bridgehead atoms. The maximum absolute atomic E-state index is 13.3. The second kappa shape index (κ2) is 6.29. The molecule has 0 aliphatic rings. The SMILES string of the molecule is COP(=O)(CC=C(C)C)c1c(C(N)=O)[nH]c2ccc(Cl)cc12. The molecule has 118 valence electrons. The number of rotatable bonds is 5. The van der Waals surface area contributed by atoms with Gasteiger partial charge in [-0.25, -0.2) is 0 Å². The summed E-state index contributed by atoms with van der Waals surface area (Å²) in [6.45, 7) is 3.81. The number of aromatic nitrogens is 1. The van der Waals surface area contributed by atoms with E-state index in [0.717, 1.165) is 5.57 Å². The summed E-state index contributed by atoms with van der Waals surface area (Å²) in [6, 6.07) is 5.06. The fraction of sp³-hybridized carbons (Fsp3) is 0.267. The number of halogens is 1. The zero-order chi connectivity index (χ0) is 16.5. The Morgan fingerprint density at radius 1 is 1.45 bits per heavy atom. The van der Waals surface area contributed by atoms with Crippen LogP contribution in [-0.4, -0.2) is 24.2 Å². The monoisotopic (exact) mass is 340 g/mol. The predicted molar refractivity (Wildman–Crippen MR) is 90.4 cm³/mol. The molecule has 0 saturated carbocycles. The molecule has 22 heavy (non-hydrogen) atoms. The minimum absolute atomic E-state index is 0.101. The smallest absolute Gasteiger partial charge is 0.266 e. The number of aromatic amines is 1. The minimum Gasteiger partial charge on any atom is -0.364 e. The Bertz CT molecular complexity index is 806. The summed E-state index contributed by atoms with van der Waals surface area (Å²) >= 11 is 6.03. The molecule has 0 spiro atoms. The van der Waals surface area contributed by atoms with Crippen LogP contribution in [0.3, 0.4) is 0 Å². The highest BCUT2D eigenvalue weighted by Crippen LogP contribution is 2.48. The number of H-pyrrole nitrogens is 1. The van der Waals surface area contributed by atoms with Crippen molar-refractivity contribution in [2.45, 2.75) is 13.8 Å². The van der Waals surface area contributed by atoms with Gasteiger partial charge in [0.1, 0.15) is 5.69 Å². The molecule has 0 saturated heterocycles. The minimum atomic E-state index is -3.28. The maximum atomic E-state index is 13.3. The molecule has 1 aromatic heterocycles. The summed E-state index contributed by atoms with van der Waals surface area (Å²) in [5, 5.41) is 1.37. The van der Waals surface area contributed by atoms with Crippen molar-refractivity contribution in [2.75, 3.05) is 13.3 Å². The Morgan fingerprint density at radius 2 is 2.14 bits per heavy atom.